The summed E-state index contributed by atoms with van der Waals surface area (Å²) in [5, 5.41) is 0. The second kappa shape index (κ2) is 8.80. The van der Waals surface area contributed by atoms with Gasteiger partial charge in [0, 0.05) is 18.5 Å². The second-order valence-corrected chi connectivity index (χ2v) is 8.20. The largest absolute Gasteiger partial charge is 0.298 e. The minimum atomic E-state index is 0.00769. The Morgan fingerprint density at radius 3 is 2.17 bits per heavy atom. The summed E-state index contributed by atoms with van der Waals surface area (Å²) in [6.45, 7) is 11.8. The Morgan fingerprint density at radius 2 is 1.67 bits per heavy atom. The molecule has 0 bridgehead atoms. The SMILES string of the molecule is Cc1ccc(C[C@@H](C(=O)C(C)C)N(CC2CCCC2)C(C)C)cc1. The third-order valence-corrected chi connectivity index (χ3v) is 5.45. The number of ketones is 1. The van der Waals surface area contributed by atoms with Crippen molar-refractivity contribution < 1.29 is 4.79 Å². The highest BCUT2D eigenvalue weighted by molar-refractivity contribution is 5.86. The Labute approximate surface area is 148 Å². The Morgan fingerprint density at radius 1 is 1.08 bits per heavy atom. The smallest absolute Gasteiger partial charge is 0.152 e. The first kappa shape index (κ1) is 19.2. The van der Waals surface area contributed by atoms with E-state index in [1.165, 1.54) is 36.8 Å². The van der Waals surface area contributed by atoms with E-state index in [4.69, 9.17) is 0 Å². The van der Waals surface area contributed by atoms with Crippen LogP contribution >= 0.6 is 0 Å². The van der Waals surface area contributed by atoms with E-state index in [-0.39, 0.29) is 12.0 Å². The molecule has 1 aliphatic carbocycles. The van der Waals surface area contributed by atoms with E-state index >= 15 is 0 Å². The number of rotatable bonds is 8. The topological polar surface area (TPSA) is 20.3 Å². The summed E-state index contributed by atoms with van der Waals surface area (Å²) in [6.07, 6.45) is 6.21. The molecule has 2 heteroatoms. The minimum Gasteiger partial charge on any atom is -0.298 e. The lowest BCUT2D eigenvalue weighted by atomic mass is 9.92. The van der Waals surface area contributed by atoms with E-state index in [1.54, 1.807) is 0 Å². The summed E-state index contributed by atoms with van der Waals surface area (Å²) in [6, 6.07) is 9.09. The van der Waals surface area contributed by atoms with Gasteiger partial charge < -0.3 is 0 Å². The van der Waals surface area contributed by atoms with Crippen LogP contribution in [0.15, 0.2) is 24.3 Å². The monoisotopic (exact) mass is 329 g/mol. The van der Waals surface area contributed by atoms with Crippen LogP contribution in [0.25, 0.3) is 0 Å². The summed E-state index contributed by atoms with van der Waals surface area (Å²) >= 11 is 0. The molecule has 0 radical (unpaired) electrons. The van der Waals surface area contributed by atoms with Gasteiger partial charge >= 0.3 is 0 Å². The van der Waals surface area contributed by atoms with E-state index in [0.717, 1.165) is 18.9 Å². The molecule has 1 atom stereocenters. The van der Waals surface area contributed by atoms with Crippen molar-refractivity contribution in [2.45, 2.75) is 78.8 Å². The van der Waals surface area contributed by atoms with E-state index in [0.29, 0.717) is 11.8 Å². The quantitative estimate of drug-likeness (QED) is 0.666. The molecule has 0 aromatic heterocycles. The number of aryl methyl sites for hydroxylation is 1. The lowest BCUT2D eigenvalue weighted by molar-refractivity contribution is -0.128. The molecule has 0 amide bonds. The highest BCUT2D eigenvalue weighted by atomic mass is 16.1. The van der Waals surface area contributed by atoms with Crippen molar-refractivity contribution in [1.29, 1.82) is 0 Å². The number of nitrogens with zero attached hydrogens (tertiary/aromatic N) is 1. The maximum Gasteiger partial charge on any atom is 0.152 e. The van der Waals surface area contributed by atoms with Gasteiger partial charge in [0.2, 0.25) is 0 Å². The lowest BCUT2D eigenvalue weighted by Crippen LogP contribution is -2.49. The summed E-state index contributed by atoms with van der Waals surface area (Å²) in [5.41, 5.74) is 2.55. The Hall–Kier alpha value is -1.15. The number of carbonyl (C=O) groups excluding carboxylic acids is 1. The van der Waals surface area contributed by atoms with Crippen LogP contribution in [0.1, 0.15) is 64.5 Å². The third-order valence-electron chi connectivity index (χ3n) is 5.45. The fourth-order valence-electron chi connectivity index (χ4n) is 3.90. The molecule has 1 aromatic carbocycles. The first-order valence-electron chi connectivity index (χ1n) is 9.73. The van der Waals surface area contributed by atoms with Gasteiger partial charge in [-0.15, -0.1) is 0 Å². The van der Waals surface area contributed by atoms with Crippen molar-refractivity contribution in [3.8, 4) is 0 Å². The third kappa shape index (κ3) is 5.17. The number of Topliss-reactive ketones (excluding diaryl/α,β-unsaturated/α-hetero) is 1. The predicted molar refractivity (Wildman–Crippen MR) is 102 cm³/mol. The van der Waals surface area contributed by atoms with Crippen LogP contribution in [0, 0.1) is 18.8 Å². The highest BCUT2D eigenvalue weighted by Gasteiger charge is 2.31. The van der Waals surface area contributed by atoms with E-state index in [9.17, 15) is 4.79 Å². The molecular weight excluding hydrogens is 294 g/mol. The van der Waals surface area contributed by atoms with Crippen molar-refractivity contribution in [1.82, 2.24) is 4.90 Å². The van der Waals surface area contributed by atoms with Gasteiger partial charge in [-0.3, -0.25) is 9.69 Å². The maximum absolute atomic E-state index is 13.0. The Kier molecular flexibility index (Phi) is 7.03. The molecule has 0 saturated heterocycles. The van der Waals surface area contributed by atoms with Crippen LogP contribution < -0.4 is 0 Å². The molecule has 2 nitrogen and oxygen atoms in total. The molecular formula is C22H35NO. The summed E-state index contributed by atoms with van der Waals surface area (Å²) < 4.78 is 0. The predicted octanol–water partition coefficient (Wildman–Crippen LogP) is 5.03. The molecule has 0 spiro atoms. The molecule has 0 heterocycles. The standard InChI is InChI=1S/C22H35NO/c1-16(2)22(24)21(14-19-12-10-18(5)11-13-19)23(17(3)4)15-20-8-6-7-9-20/h10-13,16-17,20-21H,6-9,14-15H2,1-5H3/t21-/m0/s1. The highest BCUT2D eigenvalue weighted by Crippen LogP contribution is 2.28. The van der Waals surface area contributed by atoms with Crippen LogP contribution in [0.3, 0.4) is 0 Å². The zero-order valence-corrected chi connectivity index (χ0v) is 16.2. The zero-order chi connectivity index (χ0) is 17.7. The molecule has 24 heavy (non-hydrogen) atoms. The lowest BCUT2D eigenvalue weighted by Gasteiger charge is -2.37. The first-order valence-corrected chi connectivity index (χ1v) is 9.73. The van der Waals surface area contributed by atoms with E-state index in [1.807, 2.05) is 13.8 Å². The summed E-state index contributed by atoms with van der Waals surface area (Å²) in [4.78, 5) is 15.5. The van der Waals surface area contributed by atoms with Gasteiger partial charge in [0.25, 0.3) is 0 Å². The molecule has 0 unspecified atom stereocenters. The maximum atomic E-state index is 13.0. The van der Waals surface area contributed by atoms with Crippen LogP contribution in [0.5, 0.6) is 0 Å². The van der Waals surface area contributed by atoms with Crippen LogP contribution in [-0.4, -0.2) is 29.3 Å². The number of hydrogen-bond acceptors (Lipinski definition) is 2. The molecule has 0 N–H and O–H groups in total. The van der Waals surface area contributed by atoms with Crippen molar-refractivity contribution in [2.75, 3.05) is 6.54 Å². The van der Waals surface area contributed by atoms with E-state index in [2.05, 4.69) is 49.9 Å². The van der Waals surface area contributed by atoms with Gasteiger partial charge in [0.05, 0.1) is 6.04 Å². The number of carbonyl (C=O) groups is 1. The van der Waals surface area contributed by atoms with Gasteiger partial charge in [-0.05, 0) is 51.5 Å². The van der Waals surface area contributed by atoms with Gasteiger partial charge in [0.15, 0.2) is 5.78 Å². The van der Waals surface area contributed by atoms with E-state index < -0.39 is 0 Å². The molecule has 1 fully saturated rings. The Bertz CT molecular complexity index is 511. The van der Waals surface area contributed by atoms with Crippen molar-refractivity contribution in [3.63, 3.8) is 0 Å². The molecule has 1 saturated carbocycles. The molecule has 1 aromatic rings. The van der Waals surface area contributed by atoms with Crippen molar-refractivity contribution in [3.05, 3.63) is 35.4 Å². The molecule has 134 valence electrons. The first-order chi connectivity index (χ1) is 11.4. The van der Waals surface area contributed by atoms with Gasteiger partial charge in [0.1, 0.15) is 0 Å². The number of hydrogen-bond donors (Lipinski definition) is 0. The molecule has 0 aliphatic heterocycles. The van der Waals surface area contributed by atoms with Crippen LogP contribution in [0.4, 0.5) is 0 Å². The average Bonchev–Trinajstić information content (AvgIpc) is 3.04. The number of benzene rings is 1. The average molecular weight is 330 g/mol. The van der Waals surface area contributed by atoms with Gasteiger partial charge in [-0.25, -0.2) is 0 Å². The zero-order valence-electron chi connectivity index (χ0n) is 16.2. The second-order valence-electron chi connectivity index (χ2n) is 8.20. The van der Waals surface area contributed by atoms with Gasteiger partial charge in [-0.2, -0.15) is 0 Å². The summed E-state index contributed by atoms with van der Waals surface area (Å²) in [5.74, 6) is 1.25. The van der Waals surface area contributed by atoms with Crippen LogP contribution in [0.2, 0.25) is 0 Å². The fraction of sp³-hybridized carbons (Fsp3) is 0.682. The normalized spacial score (nSPS) is 17.2. The molecule has 1 aliphatic rings. The fourth-order valence-corrected chi connectivity index (χ4v) is 3.90. The van der Waals surface area contributed by atoms with Crippen LogP contribution in [-0.2, 0) is 11.2 Å². The molecule has 2 rings (SSSR count). The van der Waals surface area contributed by atoms with Crippen molar-refractivity contribution >= 4 is 5.78 Å². The van der Waals surface area contributed by atoms with Crippen molar-refractivity contribution in [2.24, 2.45) is 11.8 Å². The Balaban J connectivity index is 2.20. The minimum absolute atomic E-state index is 0.00769. The van der Waals surface area contributed by atoms with Gasteiger partial charge in [-0.1, -0.05) is 56.5 Å². The summed E-state index contributed by atoms with van der Waals surface area (Å²) in [7, 11) is 0.